The molecule has 0 radical (unpaired) electrons. The number of hydrogen-bond donors (Lipinski definition) is 0. The van der Waals surface area contributed by atoms with Crippen LogP contribution >= 0.6 is 11.8 Å². The first kappa shape index (κ1) is 17.7. The van der Waals surface area contributed by atoms with Crippen molar-refractivity contribution in [3.8, 4) is 5.69 Å². The lowest BCUT2D eigenvalue weighted by atomic mass is 10.1. The van der Waals surface area contributed by atoms with E-state index in [0.29, 0.717) is 18.0 Å². The number of benzene rings is 2. The van der Waals surface area contributed by atoms with Crippen LogP contribution in [-0.2, 0) is 16.0 Å². The van der Waals surface area contributed by atoms with Crippen LogP contribution in [0.5, 0.6) is 0 Å². The van der Waals surface area contributed by atoms with Crippen molar-refractivity contribution >= 4 is 17.7 Å². The molecule has 0 spiro atoms. The Bertz CT molecular complexity index is 944. The van der Waals surface area contributed by atoms with E-state index in [9.17, 15) is 9.18 Å². The second kappa shape index (κ2) is 7.52. The number of rotatable bonds is 5. The summed E-state index contributed by atoms with van der Waals surface area (Å²) in [6.07, 6.45) is 1.12. The molecule has 3 aromatic rings. The molecule has 7 heteroatoms. The molecule has 5 nitrogen and oxygen atoms in total. The third kappa shape index (κ3) is 3.88. The Morgan fingerprint density at radius 1 is 1.15 bits per heavy atom. The van der Waals surface area contributed by atoms with Crippen molar-refractivity contribution < 1.29 is 13.9 Å². The zero-order chi connectivity index (χ0) is 18.8. The van der Waals surface area contributed by atoms with E-state index in [2.05, 4.69) is 10.2 Å². The van der Waals surface area contributed by atoms with Crippen LogP contribution in [0.25, 0.3) is 5.69 Å². The van der Waals surface area contributed by atoms with E-state index in [1.807, 2.05) is 41.8 Å². The number of aromatic nitrogens is 3. The molecule has 0 saturated carbocycles. The molecule has 1 saturated heterocycles. The minimum atomic E-state index is -0.312. The van der Waals surface area contributed by atoms with E-state index in [-0.39, 0.29) is 23.1 Å². The highest BCUT2D eigenvalue weighted by Gasteiger charge is 2.34. The Morgan fingerprint density at radius 3 is 2.56 bits per heavy atom. The van der Waals surface area contributed by atoms with Gasteiger partial charge in [-0.15, -0.1) is 10.2 Å². The van der Waals surface area contributed by atoms with Crippen LogP contribution < -0.4 is 0 Å². The largest absolute Gasteiger partial charge is 0.462 e. The van der Waals surface area contributed by atoms with Crippen LogP contribution in [-0.4, -0.2) is 32.1 Å². The van der Waals surface area contributed by atoms with Crippen LogP contribution in [0.15, 0.2) is 59.8 Å². The Kier molecular flexibility index (Phi) is 4.94. The summed E-state index contributed by atoms with van der Waals surface area (Å²) >= 11 is 1.34. The van der Waals surface area contributed by atoms with Gasteiger partial charge in [-0.3, -0.25) is 9.36 Å². The van der Waals surface area contributed by atoms with Crippen LogP contribution in [0.2, 0.25) is 0 Å². The third-order valence-corrected chi connectivity index (χ3v) is 5.51. The maximum atomic E-state index is 13.4. The van der Waals surface area contributed by atoms with E-state index < -0.39 is 0 Å². The molecular formula is C20H18FN3O2S. The summed E-state index contributed by atoms with van der Waals surface area (Å²) < 4.78 is 20.5. The van der Waals surface area contributed by atoms with Crippen molar-refractivity contribution in [3.63, 3.8) is 0 Å². The topological polar surface area (TPSA) is 57.0 Å². The minimum absolute atomic E-state index is 0.0963. The molecule has 0 amide bonds. The van der Waals surface area contributed by atoms with Gasteiger partial charge in [-0.2, -0.15) is 0 Å². The fraction of sp³-hybridized carbons (Fsp3) is 0.250. The molecule has 0 aliphatic carbocycles. The average Bonchev–Trinajstić information content (AvgIpc) is 3.19. The lowest BCUT2D eigenvalue weighted by Crippen LogP contribution is -2.11. The van der Waals surface area contributed by atoms with Crippen molar-refractivity contribution in [2.24, 2.45) is 0 Å². The Hall–Kier alpha value is -2.67. The van der Waals surface area contributed by atoms with Gasteiger partial charge in [0, 0.05) is 18.5 Å². The quantitative estimate of drug-likeness (QED) is 0.628. The summed E-state index contributed by atoms with van der Waals surface area (Å²) in [5.74, 6) is 0.194. The maximum absolute atomic E-state index is 13.4. The Balaban J connectivity index is 1.70. The van der Waals surface area contributed by atoms with Gasteiger partial charge in [0.2, 0.25) is 0 Å². The number of carbonyl (C=O) groups excluding carboxylic acids is 1. The number of esters is 1. The summed E-state index contributed by atoms with van der Waals surface area (Å²) in [4.78, 5) is 12.0. The Morgan fingerprint density at radius 2 is 1.89 bits per heavy atom. The van der Waals surface area contributed by atoms with E-state index in [1.165, 1.54) is 23.9 Å². The second-order valence-corrected chi connectivity index (χ2v) is 7.63. The first-order chi connectivity index (χ1) is 13.1. The highest BCUT2D eigenvalue weighted by molar-refractivity contribution is 8.00. The Labute approximate surface area is 160 Å². The molecule has 2 aromatic carbocycles. The molecular weight excluding hydrogens is 365 g/mol. The van der Waals surface area contributed by atoms with Gasteiger partial charge in [-0.05, 0) is 36.8 Å². The van der Waals surface area contributed by atoms with Gasteiger partial charge in [0.05, 0.1) is 0 Å². The molecule has 1 aliphatic rings. The van der Waals surface area contributed by atoms with Gasteiger partial charge in [-0.1, -0.05) is 42.1 Å². The fourth-order valence-corrected chi connectivity index (χ4v) is 4.24. The van der Waals surface area contributed by atoms with Crippen molar-refractivity contribution in [3.05, 3.63) is 71.8 Å². The number of hydrogen-bond acceptors (Lipinski definition) is 5. The molecule has 1 aliphatic heterocycles. The summed E-state index contributed by atoms with van der Waals surface area (Å²) in [7, 11) is 0. The molecule has 1 fully saturated rings. The van der Waals surface area contributed by atoms with Gasteiger partial charge < -0.3 is 4.74 Å². The number of ether oxygens (including phenoxy) is 1. The van der Waals surface area contributed by atoms with E-state index in [1.54, 1.807) is 12.1 Å². The molecule has 27 heavy (non-hydrogen) atoms. The SMILES string of the molecule is C[C@@H]1C[C@@H](Sc2nnc(Cc3ccccc3)n2-c2ccc(F)cc2)C(=O)O1. The molecule has 2 heterocycles. The monoisotopic (exact) mass is 383 g/mol. The van der Waals surface area contributed by atoms with Gasteiger partial charge in [0.1, 0.15) is 23.0 Å². The number of nitrogens with zero attached hydrogens (tertiary/aromatic N) is 3. The van der Waals surface area contributed by atoms with Crippen molar-refractivity contribution in [1.29, 1.82) is 0 Å². The molecule has 0 bridgehead atoms. The number of halogens is 1. The van der Waals surface area contributed by atoms with Gasteiger partial charge in [0.25, 0.3) is 0 Å². The predicted octanol–water partition coefficient (Wildman–Crippen LogP) is 3.79. The smallest absolute Gasteiger partial charge is 0.319 e. The van der Waals surface area contributed by atoms with E-state index in [4.69, 9.17) is 4.74 Å². The standard InChI is InChI=1S/C20H18FN3O2S/c1-13-11-17(19(25)26-13)27-20-23-22-18(12-14-5-3-2-4-6-14)24(20)16-9-7-15(21)8-10-16/h2-10,13,17H,11-12H2,1H3/t13-,17-/m1/s1. The number of cyclic esters (lactones) is 1. The molecule has 0 unspecified atom stereocenters. The van der Waals surface area contributed by atoms with Crippen LogP contribution in [0.3, 0.4) is 0 Å². The summed E-state index contributed by atoms with van der Waals surface area (Å²) in [5, 5.41) is 8.94. The van der Waals surface area contributed by atoms with Crippen LogP contribution in [0, 0.1) is 5.82 Å². The molecule has 138 valence electrons. The molecule has 0 N–H and O–H groups in total. The zero-order valence-corrected chi connectivity index (χ0v) is 15.5. The lowest BCUT2D eigenvalue weighted by Gasteiger charge is -2.11. The summed E-state index contributed by atoms with van der Waals surface area (Å²) in [5.41, 5.74) is 1.85. The highest BCUT2D eigenvalue weighted by Crippen LogP contribution is 2.33. The summed E-state index contributed by atoms with van der Waals surface area (Å²) in [6, 6.07) is 16.1. The first-order valence-corrected chi connectivity index (χ1v) is 9.59. The lowest BCUT2D eigenvalue weighted by molar-refractivity contribution is -0.140. The first-order valence-electron chi connectivity index (χ1n) is 8.71. The highest BCUT2D eigenvalue weighted by atomic mass is 32.2. The minimum Gasteiger partial charge on any atom is -0.462 e. The number of carbonyl (C=O) groups is 1. The van der Waals surface area contributed by atoms with Crippen molar-refractivity contribution in [2.75, 3.05) is 0 Å². The van der Waals surface area contributed by atoms with Gasteiger partial charge >= 0.3 is 5.97 Å². The van der Waals surface area contributed by atoms with E-state index in [0.717, 1.165) is 17.1 Å². The fourth-order valence-electron chi connectivity index (χ4n) is 3.06. The van der Waals surface area contributed by atoms with Crippen LogP contribution in [0.4, 0.5) is 4.39 Å². The van der Waals surface area contributed by atoms with Gasteiger partial charge in [-0.25, -0.2) is 4.39 Å². The molecule has 2 atom stereocenters. The second-order valence-electron chi connectivity index (χ2n) is 6.46. The normalized spacial score (nSPS) is 19.3. The predicted molar refractivity (Wildman–Crippen MR) is 100 cm³/mol. The third-order valence-electron chi connectivity index (χ3n) is 4.36. The number of thioether (sulfide) groups is 1. The van der Waals surface area contributed by atoms with Gasteiger partial charge in [0.15, 0.2) is 5.16 Å². The van der Waals surface area contributed by atoms with Crippen molar-refractivity contribution in [2.45, 2.75) is 36.3 Å². The summed E-state index contributed by atoms with van der Waals surface area (Å²) in [6.45, 7) is 1.88. The average molecular weight is 383 g/mol. The molecule has 4 rings (SSSR count). The molecule has 1 aromatic heterocycles. The van der Waals surface area contributed by atoms with E-state index >= 15 is 0 Å². The maximum Gasteiger partial charge on any atom is 0.319 e. The van der Waals surface area contributed by atoms with Crippen LogP contribution in [0.1, 0.15) is 24.7 Å². The van der Waals surface area contributed by atoms with Crippen molar-refractivity contribution in [1.82, 2.24) is 14.8 Å². The zero-order valence-electron chi connectivity index (χ0n) is 14.7.